The van der Waals surface area contributed by atoms with Gasteiger partial charge in [-0.15, -0.1) is 0 Å². The lowest BCUT2D eigenvalue weighted by Crippen LogP contribution is -2.56. The minimum atomic E-state index is -0.185. The number of piperidine rings is 1. The van der Waals surface area contributed by atoms with E-state index < -0.39 is 0 Å². The molecule has 5 nitrogen and oxygen atoms in total. The standard InChI is InChI=1S/C19H28N2O3/c1-4-18(22)21(15-9-7-6-8-10-15)17-11-12-20-16(14(17)3)13-19(23)24-5-2/h6-10,14,16-17,20H,4-5,11-13H2,1-3H3/t14-,16-,17?/m1/s1. The first kappa shape index (κ1) is 18.5. The number of hydrogen-bond acceptors (Lipinski definition) is 4. The molecular formula is C19H28N2O3. The van der Waals surface area contributed by atoms with Crippen LogP contribution in [0.4, 0.5) is 5.69 Å². The number of carbonyl (C=O) groups excluding carboxylic acids is 2. The molecule has 24 heavy (non-hydrogen) atoms. The van der Waals surface area contributed by atoms with Gasteiger partial charge in [-0.2, -0.15) is 0 Å². The van der Waals surface area contributed by atoms with Gasteiger partial charge in [0, 0.05) is 24.2 Å². The molecule has 1 aromatic carbocycles. The monoisotopic (exact) mass is 332 g/mol. The van der Waals surface area contributed by atoms with Crippen LogP contribution in [0.25, 0.3) is 0 Å². The van der Waals surface area contributed by atoms with Crippen molar-refractivity contribution in [3.63, 3.8) is 0 Å². The summed E-state index contributed by atoms with van der Waals surface area (Å²) < 4.78 is 5.08. The Morgan fingerprint density at radius 2 is 1.96 bits per heavy atom. The molecule has 132 valence electrons. The summed E-state index contributed by atoms with van der Waals surface area (Å²) in [4.78, 5) is 26.4. The molecule has 0 saturated carbocycles. The summed E-state index contributed by atoms with van der Waals surface area (Å²) in [6, 6.07) is 9.92. The number of nitrogens with zero attached hydrogens (tertiary/aromatic N) is 1. The van der Waals surface area contributed by atoms with Crippen molar-refractivity contribution in [1.82, 2.24) is 5.32 Å². The van der Waals surface area contributed by atoms with E-state index in [0.29, 0.717) is 19.4 Å². The smallest absolute Gasteiger partial charge is 0.307 e. The topological polar surface area (TPSA) is 58.6 Å². The molecule has 1 saturated heterocycles. The number of benzene rings is 1. The van der Waals surface area contributed by atoms with Gasteiger partial charge in [-0.25, -0.2) is 0 Å². The summed E-state index contributed by atoms with van der Waals surface area (Å²) in [6.45, 7) is 7.00. The van der Waals surface area contributed by atoms with E-state index in [1.807, 2.05) is 49.1 Å². The summed E-state index contributed by atoms with van der Waals surface area (Å²) in [5.41, 5.74) is 0.929. The van der Waals surface area contributed by atoms with Crippen molar-refractivity contribution in [2.45, 2.75) is 52.1 Å². The Labute approximate surface area is 144 Å². The Hall–Kier alpha value is -1.88. The van der Waals surface area contributed by atoms with Crippen LogP contribution in [0.15, 0.2) is 30.3 Å². The number of nitrogens with one attached hydrogen (secondary N) is 1. The lowest BCUT2D eigenvalue weighted by molar-refractivity contribution is -0.144. The SMILES string of the molecule is CCOC(=O)C[C@H]1NCCC(N(C(=O)CC)c2ccccc2)[C@@H]1C. The number of ether oxygens (including phenoxy) is 1. The van der Waals surface area contributed by atoms with Gasteiger partial charge in [0.2, 0.25) is 5.91 Å². The van der Waals surface area contributed by atoms with Crippen molar-refractivity contribution in [3.8, 4) is 0 Å². The first-order valence-corrected chi connectivity index (χ1v) is 8.84. The first-order chi connectivity index (χ1) is 11.6. The molecule has 0 spiro atoms. The Morgan fingerprint density at radius 1 is 1.25 bits per heavy atom. The summed E-state index contributed by atoms with van der Waals surface area (Å²) in [7, 11) is 0. The number of hydrogen-bond donors (Lipinski definition) is 1. The lowest BCUT2D eigenvalue weighted by Gasteiger charge is -2.43. The van der Waals surface area contributed by atoms with Crippen molar-refractivity contribution >= 4 is 17.6 Å². The van der Waals surface area contributed by atoms with E-state index in [1.54, 1.807) is 0 Å². The van der Waals surface area contributed by atoms with E-state index >= 15 is 0 Å². The van der Waals surface area contributed by atoms with Crippen LogP contribution in [-0.2, 0) is 14.3 Å². The quantitative estimate of drug-likeness (QED) is 0.814. The maximum absolute atomic E-state index is 12.6. The second kappa shape index (κ2) is 8.83. The van der Waals surface area contributed by atoms with Gasteiger partial charge < -0.3 is 15.0 Å². The molecule has 1 unspecified atom stereocenters. The molecule has 1 aliphatic heterocycles. The van der Waals surface area contributed by atoms with Gasteiger partial charge in [0.25, 0.3) is 0 Å². The maximum atomic E-state index is 12.6. The summed E-state index contributed by atoms with van der Waals surface area (Å²) >= 11 is 0. The minimum Gasteiger partial charge on any atom is -0.466 e. The van der Waals surface area contributed by atoms with Gasteiger partial charge in [0.1, 0.15) is 0 Å². The Balaban J connectivity index is 2.19. The molecule has 1 aromatic rings. The number of rotatable bonds is 6. The zero-order valence-corrected chi connectivity index (χ0v) is 14.8. The van der Waals surface area contributed by atoms with Crippen LogP contribution < -0.4 is 10.2 Å². The van der Waals surface area contributed by atoms with Crippen LogP contribution in [-0.4, -0.2) is 37.1 Å². The number of para-hydroxylation sites is 1. The molecule has 5 heteroatoms. The Morgan fingerprint density at radius 3 is 2.58 bits per heavy atom. The van der Waals surface area contributed by atoms with E-state index in [2.05, 4.69) is 12.2 Å². The Bertz CT molecular complexity index is 547. The molecule has 1 N–H and O–H groups in total. The number of carbonyl (C=O) groups is 2. The number of amides is 1. The second-order valence-corrected chi connectivity index (χ2v) is 6.24. The molecule has 0 radical (unpaired) electrons. The largest absolute Gasteiger partial charge is 0.466 e. The molecule has 0 bridgehead atoms. The highest BCUT2D eigenvalue weighted by Gasteiger charge is 2.37. The van der Waals surface area contributed by atoms with E-state index in [1.165, 1.54) is 0 Å². The number of esters is 1. The third-order valence-electron chi connectivity index (χ3n) is 4.72. The average Bonchev–Trinajstić information content (AvgIpc) is 2.59. The van der Waals surface area contributed by atoms with Crippen LogP contribution in [0.5, 0.6) is 0 Å². The van der Waals surface area contributed by atoms with Crippen molar-refractivity contribution < 1.29 is 14.3 Å². The molecule has 2 rings (SSSR count). The summed E-state index contributed by atoms with van der Waals surface area (Å²) in [6.07, 6.45) is 1.68. The highest BCUT2D eigenvalue weighted by molar-refractivity contribution is 5.93. The van der Waals surface area contributed by atoms with Crippen LogP contribution >= 0.6 is 0 Å². The van der Waals surface area contributed by atoms with E-state index in [4.69, 9.17) is 4.74 Å². The van der Waals surface area contributed by atoms with Crippen molar-refractivity contribution in [2.24, 2.45) is 5.92 Å². The molecule has 1 amide bonds. The molecule has 3 atom stereocenters. The number of anilines is 1. The molecule has 1 heterocycles. The third-order valence-corrected chi connectivity index (χ3v) is 4.72. The van der Waals surface area contributed by atoms with Gasteiger partial charge in [-0.3, -0.25) is 9.59 Å². The van der Waals surface area contributed by atoms with E-state index in [0.717, 1.165) is 18.7 Å². The molecule has 0 aromatic heterocycles. The van der Waals surface area contributed by atoms with Crippen LogP contribution in [0.1, 0.15) is 40.0 Å². The summed E-state index contributed by atoms with van der Waals surface area (Å²) in [5.74, 6) is 0.101. The van der Waals surface area contributed by atoms with Crippen LogP contribution in [0.3, 0.4) is 0 Å². The third kappa shape index (κ3) is 4.35. The normalized spacial score (nSPS) is 23.5. The summed E-state index contributed by atoms with van der Waals surface area (Å²) in [5, 5.41) is 3.41. The van der Waals surface area contributed by atoms with Gasteiger partial charge >= 0.3 is 5.97 Å². The average molecular weight is 332 g/mol. The highest BCUT2D eigenvalue weighted by Crippen LogP contribution is 2.29. The van der Waals surface area contributed by atoms with Gasteiger partial charge in [-0.1, -0.05) is 32.0 Å². The van der Waals surface area contributed by atoms with E-state index in [9.17, 15) is 9.59 Å². The van der Waals surface area contributed by atoms with Crippen molar-refractivity contribution in [3.05, 3.63) is 30.3 Å². The van der Waals surface area contributed by atoms with Gasteiger partial charge in [-0.05, 0) is 37.9 Å². The van der Waals surface area contributed by atoms with Crippen molar-refractivity contribution in [1.29, 1.82) is 0 Å². The van der Waals surface area contributed by atoms with E-state index in [-0.39, 0.29) is 29.9 Å². The molecular weight excluding hydrogens is 304 g/mol. The molecule has 0 aliphatic carbocycles. The predicted octanol–water partition coefficient (Wildman–Crippen LogP) is 2.75. The van der Waals surface area contributed by atoms with Crippen molar-refractivity contribution in [2.75, 3.05) is 18.1 Å². The highest BCUT2D eigenvalue weighted by atomic mass is 16.5. The molecule has 1 fully saturated rings. The van der Waals surface area contributed by atoms with Gasteiger partial charge in [0.15, 0.2) is 0 Å². The zero-order chi connectivity index (χ0) is 17.5. The zero-order valence-electron chi connectivity index (χ0n) is 14.8. The van der Waals surface area contributed by atoms with Crippen LogP contribution in [0.2, 0.25) is 0 Å². The van der Waals surface area contributed by atoms with Crippen LogP contribution in [0, 0.1) is 5.92 Å². The van der Waals surface area contributed by atoms with Gasteiger partial charge in [0.05, 0.1) is 13.0 Å². The first-order valence-electron chi connectivity index (χ1n) is 8.84. The minimum absolute atomic E-state index is 0.0265. The fourth-order valence-electron chi connectivity index (χ4n) is 3.43. The second-order valence-electron chi connectivity index (χ2n) is 6.24. The maximum Gasteiger partial charge on any atom is 0.307 e. The fraction of sp³-hybridized carbons (Fsp3) is 0.579. The fourth-order valence-corrected chi connectivity index (χ4v) is 3.43. The Kier molecular flexibility index (Phi) is 6.79. The lowest BCUT2D eigenvalue weighted by atomic mass is 9.84. The molecule has 1 aliphatic rings. The predicted molar refractivity (Wildman–Crippen MR) is 94.8 cm³/mol.